The summed E-state index contributed by atoms with van der Waals surface area (Å²) in [4.78, 5) is 43.4. The molecule has 2 amide bonds. The third kappa shape index (κ3) is 2.60. The van der Waals surface area contributed by atoms with Crippen LogP contribution in [0.1, 0.15) is 23.6 Å². The monoisotopic (exact) mass is 416 g/mol. The van der Waals surface area contributed by atoms with Crippen molar-refractivity contribution in [2.24, 2.45) is 11.8 Å². The van der Waals surface area contributed by atoms with E-state index in [1.54, 1.807) is 7.11 Å². The van der Waals surface area contributed by atoms with Crippen molar-refractivity contribution in [1.82, 2.24) is 0 Å². The van der Waals surface area contributed by atoms with Gasteiger partial charge in [0.15, 0.2) is 5.78 Å². The van der Waals surface area contributed by atoms with E-state index in [0.29, 0.717) is 11.4 Å². The number of amides is 2. The van der Waals surface area contributed by atoms with Crippen LogP contribution in [-0.4, -0.2) is 36.8 Å². The SMILES string of the molecule is COc1ccc2c(c1)C=C[C@@H]1[C@@H]3C(=O)N(c4c(C)cccc4C)C(=O)[C@@H]3[C@@H](C(C)=O)N21. The van der Waals surface area contributed by atoms with Crippen molar-refractivity contribution in [1.29, 1.82) is 0 Å². The first-order valence-corrected chi connectivity index (χ1v) is 10.4. The zero-order chi connectivity index (χ0) is 22.0. The van der Waals surface area contributed by atoms with Gasteiger partial charge >= 0.3 is 0 Å². The number of ketones is 1. The standard InChI is InChI=1S/C25H24N2O4/c1-13-6-5-7-14(2)22(13)27-24(29)20-19-10-8-16-12-17(31-4)9-11-18(16)26(19)23(15(3)28)21(20)25(27)30/h5-12,19-21,23H,1-4H3/t19-,20+,21+,23-/m1/s1. The molecule has 0 saturated carbocycles. The third-order valence-electron chi connectivity index (χ3n) is 6.79. The second kappa shape index (κ2) is 6.80. The Morgan fingerprint density at radius 3 is 2.32 bits per heavy atom. The minimum absolute atomic E-state index is 0.112. The fourth-order valence-electron chi connectivity index (χ4n) is 5.52. The summed E-state index contributed by atoms with van der Waals surface area (Å²) in [5, 5.41) is 0. The van der Waals surface area contributed by atoms with Crippen molar-refractivity contribution in [2.75, 3.05) is 16.9 Å². The second-order valence-corrected chi connectivity index (χ2v) is 8.54. The summed E-state index contributed by atoms with van der Waals surface area (Å²) in [6.07, 6.45) is 3.90. The van der Waals surface area contributed by atoms with Gasteiger partial charge in [-0.2, -0.15) is 0 Å². The van der Waals surface area contributed by atoms with Crippen molar-refractivity contribution >= 4 is 35.0 Å². The number of carbonyl (C=O) groups is 3. The van der Waals surface area contributed by atoms with E-state index in [-0.39, 0.29) is 23.6 Å². The van der Waals surface area contributed by atoms with Crippen LogP contribution in [-0.2, 0) is 14.4 Å². The first kappa shape index (κ1) is 19.5. The van der Waals surface area contributed by atoms with E-state index in [1.165, 1.54) is 11.8 Å². The smallest absolute Gasteiger partial charge is 0.240 e. The Morgan fingerprint density at radius 1 is 1.00 bits per heavy atom. The highest BCUT2D eigenvalue weighted by atomic mass is 16.5. The zero-order valence-corrected chi connectivity index (χ0v) is 18.0. The molecule has 2 aromatic rings. The van der Waals surface area contributed by atoms with Crippen molar-refractivity contribution in [3.8, 4) is 5.75 Å². The second-order valence-electron chi connectivity index (χ2n) is 8.54. The van der Waals surface area contributed by atoms with Crippen LogP contribution in [0.3, 0.4) is 0 Å². The molecule has 0 aromatic heterocycles. The Kier molecular flexibility index (Phi) is 4.29. The van der Waals surface area contributed by atoms with Crippen LogP contribution in [0.25, 0.3) is 6.08 Å². The highest BCUT2D eigenvalue weighted by Gasteiger charge is 2.63. The van der Waals surface area contributed by atoms with Crippen LogP contribution in [0.4, 0.5) is 11.4 Å². The number of hydrogen-bond acceptors (Lipinski definition) is 5. The number of imide groups is 1. The molecule has 0 unspecified atom stereocenters. The van der Waals surface area contributed by atoms with Gasteiger partial charge in [0.25, 0.3) is 0 Å². The number of nitrogens with zero attached hydrogens (tertiary/aromatic N) is 2. The first-order chi connectivity index (χ1) is 14.8. The molecule has 3 heterocycles. The molecular weight excluding hydrogens is 392 g/mol. The van der Waals surface area contributed by atoms with E-state index < -0.39 is 17.9 Å². The molecule has 2 aromatic carbocycles. The zero-order valence-electron chi connectivity index (χ0n) is 18.0. The molecule has 2 fully saturated rings. The Morgan fingerprint density at radius 2 is 1.68 bits per heavy atom. The minimum Gasteiger partial charge on any atom is -0.497 e. The molecule has 31 heavy (non-hydrogen) atoms. The van der Waals surface area contributed by atoms with Gasteiger partial charge in [0.2, 0.25) is 11.8 Å². The number of fused-ring (bicyclic) bond motifs is 5. The molecule has 0 N–H and O–H groups in total. The molecule has 5 rings (SSSR count). The highest BCUT2D eigenvalue weighted by molar-refractivity contribution is 6.25. The molecule has 158 valence electrons. The van der Waals surface area contributed by atoms with Crippen LogP contribution in [0.5, 0.6) is 5.75 Å². The summed E-state index contributed by atoms with van der Waals surface area (Å²) in [7, 11) is 1.61. The number of hydrogen-bond donors (Lipinski definition) is 0. The lowest BCUT2D eigenvalue weighted by Gasteiger charge is -2.36. The van der Waals surface area contributed by atoms with Gasteiger partial charge in [-0.3, -0.25) is 14.4 Å². The lowest BCUT2D eigenvalue weighted by molar-refractivity contribution is -0.126. The van der Waals surface area contributed by atoms with Crippen molar-refractivity contribution in [3.05, 3.63) is 59.2 Å². The summed E-state index contributed by atoms with van der Waals surface area (Å²) in [5.74, 6) is -1.20. The Bertz CT molecular complexity index is 1150. The Hall–Kier alpha value is -3.41. The summed E-state index contributed by atoms with van der Waals surface area (Å²) in [5.41, 5.74) is 4.14. The molecule has 6 nitrogen and oxygen atoms in total. The van der Waals surface area contributed by atoms with E-state index >= 15 is 0 Å². The molecule has 0 radical (unpaired) electrons. The van der Waals surface area contributed by atoms with Crippen LogP contribution >= 0.6 is 0 Å². The number of benzene rings is 2. The van der Waals surface area contributed by atoms with Gasteiger partial charge < -0.3 is 9.64 Å². The minimum atomic E-state index is -0.702. The summed E-state index contributed by atoms with van der Waals surface area (Å²) >= 11 is 0. The topological polar surface area (TPSA) is 66.9 Å². The molecule has 2 saturated heterocycles. The predicted molar refractivity (Wildman–Crippen MR) is 118 cm³/mol. The quantitative estimate of drug-likeness (QED) is 0.719. The van der Waals surface area contributed by atoms with Crippen molar-refractivity contribution < 1.29 is 19.1 Å². The van der Waals surface area contributed by atoms with E-state index in [4.69, 9.17) is 4.74 Å². The Balaban J connectivity index is 1.63. The predicted octanol–water partition coefficient (Wildman–Crippen LogP) is 3.29. The molecule has 0 bridgehead atoms. The van der Waals surface area contributed by atoms with Crippen LogP contribution in [0.2, 0.25) is 0 Å². The summed E-state index contributed by atoms with van der Waals surface area (Å²) < 4.78 is 5.33. The van der Waals surface area contributed by atoms with Crippen molar-refractivity contribution in [2.45, 2.75) is 32.9 Å². The van der Waals surface area contributed by atoms with Gasteiger partial charge in [-0.25, -0.2) is 4.90 Å². The molecule has 0 aliphatic carbocycles. The molecule has 3 aliphatic rings. The van der Waals surface area contributed by atoms with Gasteiger partial charge in [-0.1, -0.05) is 30.4 Å². The molecule has 6 heteroatoms. The number of methoxy groups -OCH3 is 1. The summed E-state index contributed by atoms with van der Waals surface area (Å²) in [6.45, 7) is 5.30. The molecular formula is C25H24N2O4. The van der Waals surface area contributed by atoms with Gasteiger partial charge in [0, 0.05) is 11.3 Å². The van der Waals surface area contributed by atoms with E-state index in [9.17, 15) is 14.4 Å². The van der Waals surface area contributed by atoms with Crippen LogP contribution in [0.15, 0.2) is 42.5 Å². The summed E-state index contributed by atoms with van der Waals surface area (Å²) in [6, 6.07) is 10.3. The fraction of sp³-hybridized carbons (Fsp3) is 0.320. The van der Waals surface area contributed by atoms with E-state index in [1.807, 2.05) is 67.3 Å². The third-order valence-corrected chi connectivity index (χ3v) is 6.79. The normalized spacial score (nSPS) is 26.1. The number of aryl methyl sites for hydroxylation is 2. The number of para-hydroxylation sites is 1. The van der Waals surface area contributed by atoms with E-state index in [2.05, 4.69) is 0 Å². The highest BCUT2D eigenvalue weighted by Crippen LogP contribution is 2.50. The lowest BCUT2D eigenvalue weighted by atomic mass is 9.88. The van der Waals surface area contributed by atoms with Gasteiger partial charge in [0.1, 0.15) is 11.8 Å². The lowest BCUT2D eigenvalue weighted by Crippen LogP contribution is -2.48. The van der Waals surface area contributed by atoms with Crippen molar-refractivity contribution in [3.63, 3.8) is 0 Å². The van der Waals surface area contributed by atoms with E-state index in [0.717, 1.165) is 22.4 Å². The largest absolute Gasteiger partial charge is 0.497 e. The molecule has 3 aliphatic heterocycles. The first-order valence-electron chi connectivity index (χ1n) is 10.4. The average Bonchev–Trinajstić information content (AvgIpc) is 3.22. The van der Waals surface area contributed by atoms with Crippen LogP contribution in [0, 0.1) is 25.7 Å². The number of Topliss-reactive ketones (excluding diaryl/α,β-unsaturated/α-hetero) is 1. The maximum absolute atomic E-state index is 13.7. The van der Waals surface area contributed by atoms with Gasteiger partial charge in [-0.05, 0) is 50.1 Å². The fourth-order valence-corrected chi connectivity index (χ4v) is 5.52. The number of ether oxygens (including phenoxy) is 1. The number of rotatable bonds is 3. The Labute approximate surface area is 181 Å². The number of anilines is 2. The van der Waals surface area contributed by atoms with Gasteiger partial charge in [-0.15, -0.1) is 0 Å². The van der Waals surface area contributed by atoms with Gasteiger partial charge in [0.05, 0.1) is 30.7 Å². The maximum Gasteiger partial charge on any atom is 0.240 e. The molecule has 0 spiro atoms. The average molecular weight is 416 g/mol. The maximum atomic E-state index is 13.7. The number of carbonyl (C=O) groups excluding carboxylic acids is 3. The van der Waals surface area contributed by atoms with Crippen LogP contribution < -0.4 is 14.5 Å². The molecule has 4 atom stereocenters.